The number of benzene rings is 1. The molecule has 1 saturated carbocycles. The molecule has 1 fully saturated rings. The summed E-state index contributed by atoms with van der Waals surface area (Å²) >= 11 is 0. The lowest BCUT2D eigenvalue weighted by molar-refractivity contribution is 0.335. The fraction of sp³-hybridized carbons (Fsp3) is 0.308. The predicted molar refractivity (Wildman–Crippen MR) is 63.5 cm³/mol. The molecular weight excluding hydrogens is 198 g/mol. The van der Waals surface area contributed by atoms with Crippen molar-refractivity contribution >= 4 is 0 Å². The molecule has 2 atom stereocenters. The maximum absolute atomic E-state index is 6.02. The van der Waals surface area contributed by atoms with Gasteiger partial charge in [-0.25, -0.2) is 4.68 Å². The Morgan fingerprint density at radius 3 is 2.56 bits per heavy atom. The van der Waals surface area contributed by atoms with Gasteiger partial charge in [-0.1, -0.05) is 18.2 Å². The van der Waals surface area contributed by atoms with Gasteiger partial charge in [0.05, 0.1) is 5.69 Å². The highest BCUT2D eigenvalue weighted by Crippen LogP contribution is 2.35. The van der Waals surface area contributed by atoms with Gasteiger partial charge < -0.3 is 5.73 Å². The fourth-order valence-electron chi connectivity index (χ4n) is 2.27. The van der Waals surface area contributed by atoms with Crippen molar-refractivity contribution in [1.82, 2.24) is 9.78 Å². The molecule has 3 heteroatoms. The maximum Gasteiger partial charge on any atom is 0.0648 e. The summed E-state index contributed by atoms with van der Waals surface area (Å²) in [7, 11) is 0. The van der Waals surface area contributed by atoms with Crippen molar-refractivity contribution in [2.24, 2.45) is 5.73 Å². The Kier molecular flexibility index (Phi) is 2.26. The second-order valence-electron chi connectivity index (χ2n) is 4.35. The minimum Gasteiger partial charge on any atom is -0.327 e. The summed E-state index contributed by atoms with van der Waals surface area (Å²) in [5.74, 6) is 0.475. The van der Waals surface area contributed by atoms with Gasteiger partial charge in [-0.3, -0.25) is 0 Å². The summed E-state index contributed by atoms with van der Waals surface area (Å²) < 4.78 is 2.00. The Morgan fingerprint density at radius 2 is 1.94 bits per heavy atom. The lowest BCUT2D eigenvalue weighted by Crippen LogP contribution is -2.38. The monoisotopic (exact) mass is 213 g/mol. The summed E-state index contributed by atoms with van der Waals surface area (Å²) in [4.78, 5) is 0. The largest absolute Gasteiger partial charge is 0.327 e. The van der Waals surface area contributed by atoms with Crippen molar-refractivity contribution in [3.05, 3.63) is 48.3 Å². The fourth-order valence-corrected chi connectivity index (χ4v) is 2.27. The van der Waals surface area contributed by atoms with Crippen molar-refractivity contribution in [2.75, 3.05) is 0 Å². The van der Waals surface area contributed by atoms with E-state index >= 15 is 0 Å². The van der Waals surface area contributed by atoms with Gasteiger partial charge in [-0.15, -0.1) is 0 Å². The maximum atomic E-state index is 6.02. The Labute approximate surface area is 94.9 Å². The van der Waals surface area contributed by atoms with Crippen LogP contribution in [0.1, 0.15) is 24.5 Å². The molecule has 1 aromatic carbocycles. The highest BCUT2D eigenvalue weighted by atomic mass is 15.3. The zero-order chi connectivity index (χ0) is 11.0. The van der Waals surface area contributed by atoms with Crippen LogP contribution >= 0.6 is 0 Å². The Bertz CT molecular complexity index is 475. The quantitative estimate of drug-likeness (QED) is 0.830. The van der Waals surface area contributed by atoms with Crippen LogP contribution in [0, 0.1) is 0 Å². The predicted octanol–water partition coefficient (Wildman–Crippen LogP) is 2.08. The normalized spacial score (nSPS) is 24.1. The van der Waals surface area contributed by atoms with Crippen LogP contribution in [0.15, 0.2) is 42.6 Å². The van der Waals surface area contributed by atoms with E-state index in [1.165, 1.54) is 12.1 Å². The van der Waals surface area contributed by atoms with Crippen molar-refractivity contribution < 1.29 is 0 Å². The van der Waals surface area contributed by atoms with Crippen LogP contribution in [-0.4, -0.2) is 15.8 Å². The molecular formula is C13H15N3. The molecule has 82 valence electrons. The first-order valence-electron chi connectivity index (χ1n) is 5.71. The highest BCUT2D eigenvalue weighted by Gasteiger charge is 2.31. The van der Waals surface area contributed by atoms with E-state index in [0.29, 0.717) is 12.0 Å². The zero-order valence-corrected chi connectivity index (χ0v) is 9.08. The van der Waals surface area contributed by atoms with Gasteiger partial charge in [0.25, 0.3) is 0 Å². The molecule has 16 heavy (non-hydrogen) atoms. The number of aromatic nitrogens is 2. The number of nitrogens with two attached hydrogens (primary N) is 1. The number of para-hydroxylation sites is 1. The van der Waals surface area contributed by atoms with Gasteiger partial charge in [0, 0.05) is 23.9 Å². The first kappa shape index (κ1) is 9.60. The average Bonchev–Trinajstić information content (AvgIpc) is 2.77. The van der Waals surface area contributed by atoms with Crippen LogP contribution in [0.25, 0.3) is 5.69 Å². The topological polar surface area (TPSA) is 43.8 Å². The minimum atomic E-state index is 0.305. The Balaban J connectivity index is 2.00. The molecule has 3 rings (SSSR count). The first-order chi connectivity index (χ1) is 7.86. The van der Waals surface area contributed by atoms with E-state index in [2.05, 4.69) is 23.3 Å². The molecule has 0 aliphatic heterocycles. The van der Waals surface area contributed by atoms with E-state index in [-0.39, 0.29) is 0 Å². The molecule has 0 bridgehead atoms. The van der Waals surface area contributed by atoms with Crippen LogP contribution in [0.4, 0.5) is 0 Å². The summed E-state index contributed by atoms with van der Waals surface area (Å²) in [6.45, 7) is 0. The Morgan fingerprint density at radius 1 is 1.12 bits per heavy atom. The van der Waals surface area contributed by atoms with Crippen LogP contribution < -0.4 is 5.73 Å². The summed E-state index contributed by atoms with van der Waals surface area (Å²) in [5.41, 5.74) is 8.37. The lowest BCUT2D eigenvalue weighted by Gasteiger charge is -2.33. The van der Waals surface area contributed by atoms with Crippen molar-refractivity contribution in [1.29, 1.82) is 0 Å². The van der Waals surface area contributed by atoms with Gasteiger partial charge >= 0.3 is 0 Å². The highest BCUT2D eigenvalue weighted by molar-refractivity contribution is 5.34. The SMILES string of the molecule is NC1CCC1c1ccnn1-c1ccccc1. The van der Waals surface area contributed by atoms with E-state index in [9.17, 15) is 0 Å². The lowest BCUT2D eigenvalue weighted by atomic mass is 9.78. The zero-order valence-electron chi connectivity index (χ0n) is 9.08. The molecule has 2 aromatic rings. The molecule has 0 saturated heterocycles. The van der Waals surface area contributed by atoms with E-state index in [4.69, 9.17) is 5.73 Å². The average molecular weight is 213 g/mol. The van der Waals surface area contributed by atoms with Crippen LogP contribution in [0.2, 0.25) is 0 Å². The van der Waals surface area contributed by atoms with Crippen LogP contribution in [0.3, 0.4) is 0 Å². The third-order valence-electron chi connectivity index (χ3n) is 3.38. The van der Waals surface area contributed by atoms with Crippen LogP contribution in [-0.2, 0) is 0 Å². The molecule has 0 amide bonds. The first-order valence-corrected chi connectivity index (χ1v) is 5.71. The summed E-state index contributed by atoms with van der Waals surface area (Å²) in [6.07, 6.45) is 4.16. The van der Waals surface area contributed by atoms with Gasteiger partial charge in [0.15, 0.2) is 0 Å². The van der Waals surface area contributed by atoms with E-state index in [1.54, 1.807) is 0 Å². The molecule has 2 unspecified atom stereocenters. The number of nitrogens with zero attached hydrogens (tertiary/aromatic N) is 2. The van der Waals surface area contributed by atoms with Crippen LogP contribution in [0.5, 0.6) is 0 Å². The molecule has 0 spiro atoms. The Hall–Kier alpha value is -1.61. The van der Waals surface area contributed by atoms with Crippen molar-refractivity contribution in [3.63, 3.8) is 0 Å². The molecule has 2 N–H and O–H groups in total. The molecule has 1 heterocycles. The van der Waals surface area contributed by atoms with Crippen molar-refractivity contribution in [2.45, 2.75) is 24.8 Å². The number of hydrogen-bond acceptors (Lipinski definition) is 2. The molecule has 0 radical (unpaired) electrons. The molecule has 1 aliphatic carbocycles. The number of rotatable bonds is 2. The second kappa shape index (κ2) is 3.76. The molecule has 3 nitrogen and oxygen atoms in total. The van der Waals surface area contributed by atoms with Gasteiger partial charge in [0.2, 0.25) is 0 Å². The van der Waals surface area contributed by atoms with Gasteiger partial charge in [-0.2, -0.15) is 5.10 Å². The molecule has 1 aromatic heterocycles. The van der Waals surface area contributed by atoms with Gasteiger partial charge in [0.1, 0.15) is 0 Å². The van der Waals surface area contributed by atoms with Crippen molar-refractivity contribution in [3.8, 4) is 5.69 Å². The standard InChI is InChI=1S/C13H15N3/c14-12-7-6-11(12)13-8-9-15-16(13)10-4-2-1-3-5-10/h1-5,8-9,11-12H,6-7,14H2. The number of hydrogen-bond donors (Lipinski definition) is 1. The summed E-state index contributed by atoms with van der Waals surface area (Å²) in [6, 6.07) is 12.6. The van der Waals surface area contributed by atoms with Gasteiger partial charge in [-0.05, 0) is 31.0 Å². The smallest absolute Gasteiger partial charge is 0.0648 e. The second-order valence-corrected chi connectivity index (χ2v) is 4.35. The van der Waals surface area contributed by atoms with E-state index in [0.717, 1.165) is 12.1 Å². The summed E-state index contributed by atoms with van der Waals surface area (Å²) in [5, 5.41) is 4.38. The van der Waals surface area contributed by atoms with E-state index in [1.807, 2.05) is 29.1 Å². The minimum absolute atomic E-state index is 0.305. The van der Waals surface area contributed by atoms with E-state index < -0.39 is 0 Å². The molecule has 1 aliphatic rings. The third-order valence-corrected chi connectivity index (χ3v) is 3.38. The third kappa shape index (κ3) is 1.44.